The zero-order chi connectivity index (χ0) is 18.4. The molecule has 5 rings (SSSR count). The molecule has 0 radical (unpaired) electrons. The second-order valence-electron chi connectivity index (χ2n) is 6.35. The third-order valence-corrected chi connectivity index (χ3v) is 4.80. The van der Waals surface area contributed by atoms with Crippen molar-refractivity contribution in [2.45, 2.75) is 0 Å². The molecule has 130 valence electrons. The Bertz CT molecular complexity index is 1370. The van der Waals surface area contributed by atoms with Crippen molar-refractivity contribution in [1.29, 1.82) is 0 Å². The summed E-state index contributed by atoms with van der Waals surface area (Å²) in [7, 11) is 1.62. The van der Waals surface area contributed by atoms with Crippen molar-refractivity contribution in [3.63, 3.8) is 0 Å². The molecule has 0 saturated heterocycles. The molecule has 0 bridgehead atoms. The lowest BCUT2D eigenvalue weighted by Gasteiger charge is -2.12. The highest BCUT2D eigenvalue weighted by molar-refractivity contribution is 6.15. The van der Waals surface area contributed by atoms with Crippen LogP contribution in [0.4, 0.5) is 0 Å². The molecule has 0 saturated carbocycles. The largest absolute Gasteiger partial charge is 0.497 e. The molecule has 4 heteroatoms. The molecule has 0 aliphatic rings. The molecule has 2 aromatic heterocycles. The topological polar surface area (TPSA) is 52.3 Å². The molecule has 0 aliphatic heterocycles. The van der Waals surface area contributed by atoms with Gasteiger partial charge in [-0.1, -0.05) is 42.5 Å². The van der Waals surface area contributed by atoms with Gasteiger partial charge in [0.2, 0.25) is 0 Å². The molecule has 0 aliphatic carbocycles. The zero-order valence-electron chi connectivity index (χ0n) is 14.6. The summed E-state index contributed by atoms with van der Waals surface area (Å²) in [6.45, 7) is 0. The van der Waals surface area contributed by atoms with Gasteiger partial charge in [0.25, 0.3) is 0 Å². The number of methoxy groups -OCH3 is 1. The van der Waals surface area contributed by atoms with Gasteiger partial charge in [0, 0.05) is 16.3 Å². The Morgan fingerprint density at radius 1 is 0.889 bits per heavy atom. The highest BCUT2D eigenvalue weighted by Crippen LogP contribution is 2.36. The van der Waals surface area contributed by atoms with Crippen LogP contribution in [0.3, 0.4) is 0 Å². The summed E-state index contributed by atoms with van der Waals surface area (Å²) in [5.41, 5.74) is 3.35. The molecule has 4 nitrogen and oxygen atoms in total. The summed E-state index contributed by atoms with van der Waals surface area (Å²) in [5, 5.41) is 2.17. The molecule has 2 heterocycles. The van der Waals surface area contributed by atoms with Crippen molar-refractivity contribution in [2.75, 3.05) is 7.11 Å². The third-order valence-electron chi connectivity index (χ3n) is 4.80. The molecular formula is C23H15NO3. The molecule has 0 unspecified atom stereocenters. The lowest BCUT2D eigenvalue weighted by molar-refractivity contribution is 0.415. The molecule has 5 aromatic rings. The van der Waals surface area contributed by atoms with Gasteiger partial charge in [-0.15, -0.1) is 0 Å². The predicted octanol–water partition coefficient (Wildman–Crippen LogP) is 5.17. The summed E-state index contributed by atoms with van der Waals surface area (Å²) in [5.74, 6) is 0.714. The van der Waals surface area contributed by atoms with Crippen LogP contribution in [-0.2, 0) is 0 Å². The Kier molecular flexibility index (Phi) is 3.44. The Hall–Kier alpha value is -3.66. The summed E-state index contributed by atoms with van der Waals surface area (Å²) >= 11 is 0. The number of para-hydroxylation sites is 1. The van der Waals surface area contributed by atoms with E-state index < -0.39 is 0 Å². The average Bonchev–Trinajstić information content (AvgIpc) is 2.72. The van der Waals surface area contributed by atoms with Crippen LogP contribution in [-0.4, -0.2) is 12.1 Å². The number of ether oxygens (including phenoxy) is 1. The SMILES string of the molecule is COc1ccc2nc3c(c(-c4ccccc4)c2c1)c(=O)oc1ccccc13. The van der Waals surface area contributed by atoms with Crippen molar-refractivity contribution < 1.29 is 9.15 Å². The van der Waals surface area contributed by atoms with Gasteiger partial charge in [0.05, 0.1) is 23.5 Å². The monoisotopic (exact) mass is 353 g/mol. The third kappa shape index (κ3) is 2.38. The summed E-state index contributed by atoms with van der Waals surface area (Å²) in [4.78, 5) is 17.8. The quantitative estimate of drug-likeness (QED) is 0.250. The van der Waals surface area contributed by atoms with Crippen molar-refractivity contribution >= 4 is 32.8 Å². The summed E-state index contributed by atoms with van der Waals surface area (Å²) < 4.78 is 11.0. The van der Waals surface area contributed by atoms with E-state index in [0.29, 0.717) is 22.2 Å². The van der Waals surface area contributed by atoms with E-state index in [2.05, 4.69) is 0 Å². The first kappa shape index (κ1) is 15.6. The Morgan fingerprint density at radius 2 is 1.67 bits per heavy atom. The van der Waals surface area contributed by atoms with E-state index in [1.165, 1.54) is 0 Å². The Morgan fingerprint density at radius 3 is 2.48 bits per heavy atom. The maximum absolute atomic E-state index is 12.9. The van der Waals surface area contributed by atoms with Crippen LogP contribution in [0.2, 0.25) is 0 Å². The summed E-state index contributed by atoms with van der Waals surface area (Å²) in [6.07, 6.45) is 0. The van der Waals surface area contributed by atoms with Gasteiger partial charge in [0.15, 0.2) is 0 Å². The number of hydrogen-bond acceptors (Lipinski definition) is 4. The lowest BCUT2D eigenvalue weighted by atomic mass is 9.96. The summed E-state index contributed by atoms with van der Waals surface area (Å²) in [6, 6.07) is 23.0. The van der Waals surface area contributed by atoms with Gasteiger partial charge < -0.3 is 9.15 Å². The van der Waals surface area contributed by atoms with Crippen molar-refractivity contribution in [1.82, 2.24) is 4.98 Å². The molecule has 0 atom stereocenters. The number of rotatable bonds is 2. The standard InChI is InChI=1S/C23H15NO3/c1-26-15-11-12-18-17(13-15)20(14-7-3-2-4-8-14)21-22(24-18)16-9-5-6-10-19(16)27-23(21)25/h2-13H,1H3. The molecule has 3 aromatic carbocycles. The zero-order valence-corrected chi connectivity index (χ0v) is 14.6. The van der Waals surface area contributed by atoms with Crippen LogP contribution >= 0.6 is 0 Å². The first-order chi connectivity index (χ1) is 13.3. The fourth-order valence-corrected chi connectivity index (χ4v) is 3.57. The van der Waals surface area contributed by atoms with Gasteiger partial charge in [-0.2, -0.15) is 0 Å². The van der Waals surface area contributed by atoms with E-state index in [-0.39, 0.29) is 5.63 Å². The number of nitrogens with zero attached hydrogens (tertiary/aromatic N) is 1. The van der Waals surface area contributed by atoms with E-state index in [9.17, 15) is 4.79 Å². The number of pyridine rings is 1. The van der Waals surface area contributed by atoms with E-state index >= 15 is 0 Å². The van der Waals surface area contributed by atoms with Crippen LogP contribution in [0.15, 0.2) is 82.0 Å². The van der Waals surface area contributed by atoms with Crippen molar-refractivity contribution in [3.05, 3.63) is 83.2 Å². The van der Waals surface area contributed by atoms with Gasteiger partial charge in [-0.05, 0) is 35.9 Å². The van der Waals surface area contributed by atoms with Crippen LogP contribution in [0.5, 0.6) is 5.75 Å². The average molecular weight is 353 g/mol. The minimum atomic E-state index is -0.389. The van der Waals surface area contributed by atoms with Crippen LogP contribution in [0, 0.1) is 0 Å². The Balaban J connectivity index is 2.08. The van der Waals surface area contributed by atoms with Crippen LogP contribution in [0.25, 0.3) is 43.9 Å². The van der Waals surface area contributed by atoms with Crippen LogP contribution < -0.4 is 10.4 Å². The minimum Gasteiger partial charge on any atom is -0.497 e. The van der Waals surface area contributed by atoms with E-state index in [1.54, 1.807) is 13.2 Å². The highest BCUT2D eigenvalue weighted by Gasteiger charge is 2.18. The maximum Gasteiger partial charge on any atom is 0.346 e. The first-order valence-electron chi connectivity index (χ1n) is 8.65. The lowest BCUT2D eigenvalue weighted by Crippen LogP contribution is -2.04. The second-order valence-corrected chi connectivity index (χ2v) is 6.35. The number of fused-ring (bicyclic) bond motifs is 4. The van der Waals surface area contributed by atoms with Crippen molar-refractivity contribution in [2.24, 2.45) is 0 Å². The normalized spacial score (nSPS) is 11.3. The predicted molar refractivity (Wildman–Crippen MR) is 107 cm³/mol. The fourth-order valence-electron chi connectivity index (χ4n) is 3.57. The van der Waals surface area contributed by atoms with Gasteiger partial charge in [-0.3, -0.25) is 0 Å². The smallest absolute Gasteiger partial charge is 0.346 e. The molecule has 0 spiro atoms. The Labute approximate surface area is 154 Å². The molecular weight excluding hydrogens is 338 g/mol. The fraction of sp³-hybridized carbons (Fsp3) is 0.0435. The van der Waals surface area contributed by atoms with Gasteiger partial charge in [0.1, 0.15) is 11.3 Å². The molecule has 0 fully saturated rings. The van der Waals surface area contributed by atoms with Crippen LogP contribution in [0.1, 0.15) is 0 Å². The number of aromatic nitrogens is 1. The van der Waals surface area contributed by atoms with E-state index in [0.717, 1.165) is 27.4 Å². The van der Waals surface area contributed by atoms with Crippen molar-refractivity contribution in [3.8, 4) is 16.9 Å². The van der Waals surface area contributed by atoms with E-state index in [1.807, 2.05) is 66.7 Å². The molecule has 0 amide bonds. The minimum absolute atomic E-state index is 0.389. The first-order valence-corrected chi connectivity index (χ1v) is 8.65. The number of hydrogen-bond donors (Lipinski definition) is 0. The van der Waals surface area contributed by atoms with E-state index in [4.69, 9.17) is 14.1 Å². The van der Waals surface area contributed by atoms with Gasteiger partial charge >= 0.3 is 5.63 Å². The number of benzene rings is 3. The molecule has 27 heavy (non-hydrogen) atoms. The van der Waals surface area contributed by atoms with Gasteiger partial charge in [-0.25, -0.2) is 9.78 Å². The molecule has 0 N–H and O–H groups in total. The highest BCUT2D eigenvalue weighted by atomic mass is 16.5. The second kappa shape index (κ2) is 5.95. The maximum atomic E-state index is 12.9.